The minimum absolute atomic E-state index is 0.0486. The molecule has 1 aromatic rings. The molecule has 0 aliphatic carbocycles. The Morgan fingerprint density at radius 3 is 2.03 bits per heavy atom. The van der Waals surface area contributed by atoms with Gasteiger partial charge in [-0.25, -0.2) is 8.78 Å². The van der Waals surface area contributed by atoms with E-state index < -0.39 is 5.92 Å². The highest BCUT2D eigenvalue weighted by atomic mass is 19.3. The van der Waals surface area contributed by atoms with E-state index in [1.165, 1.54) is 19.0 Å². The Kier molecular flexibility index (Phi) is 25.0. The lowest BCUT2D eigenvalue weighted by Crippen LogP contribution is -2.41. The standard InChI is InChI=1S/C19H26F2N2.C5H10.C3H8.C2H5N/c1-6-8-18(17-11-9-16(7-2)10-12-17)22-15(3)13-23(5)14-19(4,20)21;1-3-5-4-2;1-3-2;1-2-3/h2,8-12,15,22H,6,13-14H2,1,3-5H3;3H,1,4-5H2,2H3;3H2,1-2H3;2H,1,3H2/b18-8-;;;. The average Bonchev–Trinajstić information content (AvgIpc) is 2.74. The third-order valence-corrected chi connectivity index (χ3v) is 3.80. The summed E-state index contributed by atoms with van der Waals surface area (Å²) < 4.78 is 26.1. The van der Waals surface area contributed by atoms with E-state index in [-0.39, 0.29) is 12.6 Å². The van der Waals surface area contributed by atoms with Gasteiger partial charge in [-0.1, -0.05) is 77.3 Å². The molecule has 3 N–H and O–H groups in total. The molecule has 0 spiro atoms. The zero-order chi connectivity index (χ0) is 27.0. The first-order valence-corrected chi connectivity index (χ1v) is 12.0. The maximum absolute atomic E-state index is 13.1. The first-order chi connectivity index (χ1) is 16.0. The number of nitrogens with two attached hydrogens (primary N) is 1. The fraction of sp³-hybridized carbons (Fsp3) is 0.517. The van der Waals surface area contributed by atoms with E-state index in [0.717, 1.165) is 36.6 Å². The molecule has 0 aliphatic rings. The van der Waals surface area contributed by atoms with E-state index in [0.29, 0.717) is 6.54 Å². The largest absolute Gasteiger partial charge is 0.405 e. The van der Waals surface area contributed by atoms with Gasteiger partial charge in [-0.05, 0) is 50.7 Å². The number of unbranched alkanes of at least 4 members (excludes halogenated alkanes) is 1. The number of rotatable bonds is 10. The molecule has 0 saturated heterocycles. The number of terminal acetylenes is 1. The minimum Gasteiger partial charge on any atom is -0.405 e. The van der Waals surface area contributed by atoms with Gasteiger partial charge in [0.2, 0.25) is 0 Å². The molecular formula is C29H49F2N3. The predicted molar refractivity (Wildman–Crippen MR) is 149 cm³/mol. The SMILES string of the molecule is C#Cc1ccc(/C(=C/CC)NC(C)CN(C)CC(C)(F)F)cc1.C=CCCC.C=CN.CCC. The van der Waals surface area contributed by atoms with Crippen LogP contribution in [0, 0.1) is 12.3 Å². The van der Waals surface area contributed by atoms with Gasteiger partial charge in [-0.3, -0.25) is 4.90 Å². The maximum atomic E-state index is 13.1. The summed E-state index contributed by atoms with van der Waals surface area (Å²) in [7, 11) is 1.71. The Balaban J connectivity index is -0.000000731. The third kappa shape index (κ3) is 24.1. The van der Waals surface area contributed by atoms with Crippen molar-refractivity contribution in [2.75, 3.05) is 20.1 Å². The van der Waals surface area contributed by atoms with E-state index in [2.05, 4.69) is 63.9 Å². The van der Waals surface area contributed by atoms with Crippen molar-refractivity contribution in [1.82, 2.24) is 10.2 Å². The van der Waals surface area contributed by atoms with Gasteiger partial charge in [0.05, 0.1) is 6.54 Å². The van der Waals surface area contributed by atoms with E-state index in [1.54, 1.807) is 11.9 Å². The number of alkyl halides is 2. The van der Waals surface area contributed by atoms with Crippen molar-refractivity contribution in [3.8, 4) is 12.3 Å². The summed E-state index contributed by atoms with van der Waals surface area (Å²) >= 11 is 0. The number of nitrogens with zero attached hydrogens (tertiary/aromatic N) is 1. The molecule has 0 bridgehead atoms. The number of likely N-dealkylation sites (N-methyl/N-ethyl adjacent to an activating group) is 1. The summed E-state index contributed by atoms with van der Waals surface area (Å²) in [6.45, 7) is 18.4. The normalized spacial score (nSPS) is 11.3. The van der Waals surface area contributed by atoms with Crippen LogP contribution in [0.15, 0.2) is 55.8 Å². The smallest absolute Gasteiger partial charge is 0.257 e. The monoisotopic (exact) mass is 477 g/mol. The van der Waals surface area contributed by atoms with Gasteiger partial charge >= 0.3 is 0 Å². The van der Waals surface area contributed by atoms with Crippen LogP contribution < -0.4 is 11.1 Å². The van der Waals surface area contributed by atoms with Crippen LogP contribution >= 0.6 is 0 Å². The number of nitrogens with one attached hydrogen (secondary N) is 1. The molecule has 0 heterocycles. The molecule has 0 radical (unpaired) electrons. The molecule has 0 amide bonds. The van der Waals surface area contributed by atoms with Gasteiger partial charge in [-0.2, -0.15) is 0 Å². The van der Waals surface area contributed by atoms with Gasteiger partial charge < -0.3 is 11.1 Å². The molecule has 0 aromatic heterocycles. The lowest BCUT2D eigenvalue weighted by molar-refractivity contribution is -0.00898. The topological polar surface area (TPSA) is 41.3 Å². The predicted octanol–water partition coefficient (Wildman–Crippen LogP) is 7.46. The Morgan fingerprint density at radius 2 is 1.71 bits per heavy atom. The quantitative estimate of drug-likeness (QED) is 0.271. The fourth-order valence-corrected chi connectivity index (χ4v) is 2.73. The second kappa shape index (κ2) is 23.6. The van der Waals surface area contributed by atoms with Gasteiger partial charge in [0.1, 0.15) is 0 Å². The van der Waals surface area contributed by atoms with E-state index in [4.69, 9.17) is 6.42 Å². The highest BCUT2D eigenvalue weighted by Crippen LogP contribution is 2.16. The number of hydrogen-bond acceptors (Lipinski definition) is 3. The van der Waals surface area contributed by atoms with Crippen molar-refractivity contribution in [2.24, 2.45) is 5.73 Å². The molecule has 1 rings (SSSR count). The van der Waals surface area contributed by atoms with Crippen molar-refractivity contribution >= 4 is 5.70 Å². The molecule has 0 aliphatic heterocycles. The Labute approximate surface area is 209 Å². The summed E-state index contributed by atoms with van der Waals surface area (Å²) in [4.78, 5) is 1.64. The molecule has 194 valence electrons. The first-order valence-electron chi connectivity index (χ1n) is 12.0. The lowest BCUT2D eigenvalue weighted by atomic mass is 10.1. The zero-order valence-electron chi connectivity index (χ0n) is 22.6. The van der Waals surface area contributed by atoms with Crippen LogP contribution in [0.5, 0.6) is 0 Å². The van der Waals surface area contributed by atoms with Gasteiger partial charge in [0.15, 0.2) is 0 Å². The highest BCUT2D eigenvalue weighted by Gasteiger charge is 2.24. The molecule has 0 saturated carbocycles. The molecule has 5 heteroatoms. The summed E-state index contributed by atoms with van der Waals surface area (Å²) in [5.74, 6) is -0.0828. The van der Waals surface area contributed by atoms with Crippen molar-refractivity contribution in [1.29, 1.82) is 0 Å². The second-order valence-corrected chi connectivity index (χ2v) is 8.08. The molecule has 34 heavy (non-hydrogen) atoms. The van der Waals surface area contributed by atoms with Gasteiger partial charge in [-0.15, -0.1) is 13.0 Å². The van der Waals surface area contributed by atoms with Crippen LogP contribution in [0.4, 0.5) is 8.78 Å². The Hall–Kier alpha value is -2.58. The van der Waals surface area contributed by atoms with Crippen LogP contribution in [-0.2, 0) is 0 Å². The average molecular weight is 478 g/mol. The zero-order valence-corrected chi connectivity index (χ0v) is 22.6. The van der Waals surface area contributed by atoms with E-state index in [1.807, 2.05) is 37.3 Å². The summed E-state index contributed by atoms with van der Waals surface area (Å²) in [5, 5.41) is 3.41. The van der Waals surface area contributed by atoms with Crippen LogP contribution in [0.3, 0.4) is 0 Å². The number of allylic oxidation sites excluding steroid dienone is 2. The Bertz CT molecular complexity index is 683. The second-order valence-electron chi connectivity index (χ2n) is 8.08. The van der Waals surface area contributed by atoms with Crippen LogP contribution in [0.25, 0.3) is 5.70 Å². The van der Waals surface area contributed by atoms with E-state index in [9.17, 15) is 8.78 Å². The number of halogens is 2. The highest BCUT2D eigenvalue weighted by molar-refractivity contribution is 5.64. The molecule has 3 nitrogen and oxygen atoms in total. The maximum Gasteiger partial charge on any atom is 0.257 e. The molecule has 1 atom stereocenters. The lowest BCUT2D eigenvalue weighted by Gasteiger charge is -2.26. The fourth-order valence-electron chi connectivity index (χ4n) is 2.73. The van der Waals surface area contributed by atoms with Crippen molar-refractivity contribution in [2.45, 2.75) is 79.2 Å². The van der Waals surface area contributed by atoms with Crippen molar-refractivity contribution < 1.29 is 8.78 Å². The summed E-state index contributed by atoms with van der Waals surface area (Å²) in [6, 6.07) is 7.79. The van der Waals surface area contributed by atoms with Gasteiger partial charge in [0.25, 0.3) is 5.92 Å². The number of benzene rings is 1. The van der Waals surface area contributed by atoms with Crippen molar-refractivity contribution in [3.05, 3.63) is 66.9 Å². The summed E-state index contributed by atoms with van der Waals surface area (Å²) in [5.41, 5.74) is 7.49. The molecule has 0 fully saturated rings. The minimum atomic E-state index is -2.68. The van der Waals surface area contributed by atoms with Crippen LogP contribution in [-0.4, -0.2) is 37.0 Å². The third-order valence-electron chi connectivity index (χ3n) is 3.80. The van der Waals surface area contributed by atoms with Crippen LogP contribution in [0.2, 0.25) is 0 Å². The Morgan fingerprint density at radius 1 is 1.21 bits per heavy atom. The number of hydrogen-bond donors (Lipinski definition) is 2. The van der Waals surface area contributed by atoms with E-state index >= 15 is 0 Å². The van der Waals surface area contributed by atoms with Gasteiger partial charge in [0, 0.05) is 30.8 Å². The van der Waals surface area contributed by atoms with Crippen LogP contribution in [0.1, 0.15) is 78.4 Å². The first kappa shape index (κ1) is 36.0. The molecular weight excluding hydrogens is 428 g/mol. The summed E-state index contributed by atoms with van der Waals surface area (Å²) in [6.07, 6.45) is 15.2. The molecule has 1 aromatic carbocycles. The molecule has 1 unspecified atom stereocenters. The van der Waals surface area contributed by atoms with Crippen molar-refractivity contribution in [3.63, 3.8) is 0 Å².